The van der Waals surface area contributed by atoms with E-state index in [9.17, 15) is 5.11 Å². The van der Waals surface area contributed by atoms with Crippen molar-refractivity contribution in [1.82, 2.24) is 10.9 Å². The predicted octanol–water partition coefficient (Wildman–Crippen LogP) is 2.76. The minimum absolute atomic E-state index is 0.254. The van der Waals surface area contributed by atoms with Gasteiger partial charge in [-0.25, -0.2) is 0 Å². The summed E-state index contributed by atoms with van der Waals surface area (Å²) in [5.74, 6) is 1.63. The fourth-order valence-corrected chi connectivity index (χ4v) is 2.78. The second kappa shape index (κ2) is 5.56. The number of hydrogen-bond donors (Lipinski definition) is 4. The number of allylic oxidation sites excluding steroid dienone is 4. The van der Waals surface area contributed by atoms with Crippen LogP contribution in [0.4, 0.5) is 0 Å². The minimum atomic E-state index is 0.254. The molecule has 0 saturated heterocycles. The van der Waals surface area contributed by atoms with E-state index in [4.69, 9.17) is 5.73 Å². The molecule has 5 N–H and O–H groups in total. The number of benzene rings is 1. The number of aromatic hydroxyl groups is 1. The van der Waals surface area contributed by atoms with Crippen LogP contribution >= 0.6 is 0 Å². The summed E-state index contributed by atoms with van der Waals surface area (Å²) in [5, 5.41) is 9.99. The lowest BCUT2D eigenvalue weighted by Gasteiger charge is -2.26. The molecule has 1 unspecified atom stereocenters. The molecule has 0 bridgehead atoms. The summed E-state index contributed by atoms with van der Waals surface area (Å²) in [7, 11) is 0. The molecule has 1 atom stereocenters. The molecule has 2 aliphatic rings. The Hall–Kier alpha value is -2.36. The molecule has 4 heteroatoms. The molecule has 0 spiro atoms. The van der Waals surface area contributed by atoms with Crippen LogP contribution in [0.25, 0.3) is 5.70 Å². The molecule has 1 aliphatic heterocycles. The zero-order chi connectivity index (χ0) is 14.8. The first kappa shape index (κ1) is 13.6. The predicted molar refractivity (Wildman–Crippen MR) is 84.7 cm³/mol. The third-order valence-corrected chi connectivity index (χ3v) is 4.12. The zero-order valence-electron chi connectivity index (χ0n) is 12.2. The van der Waals surface area contributed by atoms with E-state index in [1.807, 2.05) is 24.3 Å². The number of phenolic OH excluding ortho intramolecular Hbond substituents is 1. The molecule has 21 heavy (non-hydrogen) atoms. The van der Waals surface area contributed by atoms with Gasteiger partial charge in [0.1, 0.15) is 11.6 Å². The smallest absolute Gasteiger partial charge is 0.124 e. The van der Waals surface area contributed by atoms with Gasteiger partial charge in [-0.05, 0) is 49.0 Å². The Morgan fingerprint density at radius 1 is 1.24 bits per heavy atom. The summed E-state index contributed by atoms with van der Waals surface area (Å²) in [4.78, 5) is 0. The van der Waals surface area contributed by atoms with E-state index in [1.54, 1.807) is 6.07 Å². The van der Waals surface area contributed by atoms with E-state index < -0.39 is 0 Å². The van der Waals surface area contributed by atoms with Crippen molar-refractivity contribution < 1.29 is 5.11 Å². The van der Waals surface area contributed by atoms with Gasteiger partial charge in [0.15, 0.2) is 0 Å². The number of phenols is 1. The highest BCUT2D eigenvalue weighted by Gasteiger charge is 2.19. The van der Waals surface area contributed by atoms with E-state index in [1.165, 1.54) is 12.0 Å². The molecule has 0 fully saturated rings. The number of nitrogens with one attached hydrogen (secondary N) is 2. The van der Waals surface area contributed by atoms with E-state index in [-0.39, 0.29) is 5.75 Å². The normalized spacial score (nSPS) is 22.0. The van der Waals surface area contributed by atoms with E-state index in [0.29, 0.717) is 5.82 Å². The van der Waals surface area contributed by atoms with Crippen molar-refractivity contribution in [2.75, 3.05) is 0 Å². The van der Waals surface area contributed by atoms with Gasteiger partial charge in [-0.1, -0.05) is 25.1 Å². The highest BCUT2D eigenvalue weighted by Crippen LogP contribution is 2.32. The number of nitrogens with two attached hydrogens (primary N) is 1. The Morgan fingerprint density at radius 2 is 2.05 bits per heavy atom. The highest BCUT2D eigenvalue weighted by molar-refractivity contribution is 5.73. The third-order valence-electron chi connectivity index (χ3n) is 4.12. The molecule has 0 saturated carbocycles. The third kappa shape index (κ3) is 2.75. The summed E-state index contributed by atoms with van der Waals surface area (Å²) in [5.41, 5.74) is 16.0. The average Bonchev–Trinajstić information content (AvgIpc) is 2.50. The van der Waals surface area contributed by atoms with Gasteiger partial charge in [-0.2, -0.15) is 0 Å². The topological polar surface area (TPSA) is 70.3 Å². The maximum Gasteiger partial charge on any atom is 0.124 e. The first-order valence-electron chi connectivity index (χ1n) is 7.36. The molecule has 3 rings (SSSR count). The first-order chi connectivity index (χ1) is 10.1. The van der Waals surface area contributed by atoms with Gasteiger partial charge in [0, 0.05) is 11.1 Å². The van der Waals surface area contributed by atoms with Crippen molar-refractivity contribution in [1.29, 1.82) is 0 Å². The van der Waals surface area contributed by atoms with Gasteiger partial charge in [0.2, 0.25) is 0 Å². The monoisotopic (exact) mass is 283 g/mol. The molecule has 1 heterocycles. The van der Waals surface area contributed by atoms with Crippen molar-refractivity contribution in [3.05, 3.63) is 58.9 Å². The lowest BCUT2D eigenvalue weighted by atomic mass is 9.86. The second-order valence-electron chi connectivity index (χ2n) is 5.76. The van der Waals surface area contributed by atoms with Crippen molar-refractivity contribution >= 4 is 5.70 Å². The Morgan fingerprint density at radius 3 is 2.76 bits per heavy atom. The Kier molecular flexibility index (Phi) is 3.60. The van der Waals surface area contributed by atoms with Gasteiger partial charge >= 0.3 is 0 Å². The van der Waals surface area contributed by atoms with Crippen LogP contribution in [0.5, 0.6) is 5.75 Å². The van der Waals surface area contributed by atoms with Crippen molar-refractivity contribution in [3.8, 4) is 5.75 Å². The van der Waals surface area contributed by atoms with E-state index in [0.717, 1.165) is 35.6 Å². The second-order valence-corrected chi connectivity index (χ2v) is 5.76. The molecule has 1 aromatic rings. The maximum absolute atomic E-state index is 9.99. The summed E-state index contributed by atoms with van der Waals surface area (Å²) in [6.07, 6.45) is 7.63. The van der Waals surface area contributed by atoms with Gasteiger partial charge < -0.3 is 10.8 Å². The average molecular weight is 283 g/mol. The summed E-state index contributed by atoms with van der Waals surface area (Å²) in [6, 6.07) is 7.28. The number of hydrazine groups is 1. The summed E-state index contributed by atoms with van der Waals surface area (Å²) >= 11 is 0. The molecule has 0 amide bonds. The molecule has 0 radical (unpaired) electrons. The molecular formula is C17H21N3O. The number of hydrogen-bond acceptors (Lipinski definition) is 4. The lowest BCUT2D eigenvalue weighted by molar-refractivity contribution is 0.472. The van der Waals surface area contributed by atoms with Crippen LogP contribution in [0, 0.1) is 5.92 Å². The molecule has 110 valence electrons. The SMILES string of the molecule is CC1CC=C(C2=C(N)NNC(c3ccccc3O)=C2)CC1. The van der Waals surface area contributed by atoms with E-state index in [2.05, 4.69) is 23.9 Å². The van der Waals surface area contributed by atoms with Gasteiger partial charge in [-0.3, -0.25) is 10.9 Å². The zero-order valence-corrected chi connectivity index (χ0v) is 12.2. The van der Waals surface area contributed by atoms with Crippen molar-refractivity contribution in [3.63, 3.8) is 0 Å². The maximum atomic E-state index is 9.99. The van der Waals surface area contributed by atoms with Crippen LogP contribution in [0.3, 0.4) is 0 Å². The van der Waals surface area contributed by atoms with Crippen LogP contribution in [0.2, 0.25) is 0 Å². The Balaban J connectivity index is 1.95. The number of para-hydroxylation sites is 1. The fourth-order valence-electron chi connectivity index (χ4n) is 2.78. The standard InChI is InChI=1S/C17H21N3O/c1-11-6-8-12(9-7-11)14-10-15(19-20-17(14)18)13-4-2-3-5-16(13)21/h2-5,8,10-11,19-21H,6-7,9,18H2,1H3. The summed E-state index contributed by atoms with van der Waals surface area (Å²) < 4.78 is 0. The molecule has 1 aromatic carbocycles. The molecule has 4 nitrogen and oxygen atoms in total. The first-order valence-corrected chi connectivity index (χ1v) is 7.36. The van der Waals surface area contributed by atoms with Crippen LogP contribution in [0.1, 0.15) is 31.7 Å². The minimum Gasteiger partial charge on any atom is -0.507 e. The fraction of sp³-hybridized carbons (Fsp3) is 0.294. The molecular weight excluding hydrogens is 262 g/mol. The quantitative estimate of drug-likeness (QED) is 0.673. The van der Waals surface area contributed by atoms with Crippen LogP contribution in [-0.4, -0.2) is 5.11 Å². The Labute approximate surface area is 125 Å². The largest absolute Gasteiger partial charge is 0.507 e. The lowest BCUT2D eigenvalue weighted by Crippen LogP contribution is -2.37. The molecule has 1 aliphatic carbocycles. The highest BCUT2D eigenvalue weighted by atomic mass is 16.3. The van der Waals surface area contributed by atoms with Crippen LogP contribution in [-0.2, 0) is 0 Å². The van der Waals surface area contributed by atoms with Crippen molar-refractivity contribution in [2.24, 2.45) is 11.7 Å². The van der Waals surface area contributed by atoms with Crippen LogP contribution < -0.4 is 16.6 Å². The number of rotatable bonds is 2. The van der Waals surface area contributed by atoms with Gasteiger partial charge in [0.25, 0.3) is 0 Å². The van der Waals surface area contributed by atoms with Crippen LogP contribution in [0.15, 0.2) is 53.4 Å². The Bertz CT molecular complexity index is 643. The van der Waals surface area contributed by atoms with Crippen molar-refractivity contribution in [2.45, 2.75) is 26.2 Å². The van der Waals surface area contributed by atoms with Gasteiger partial charge in [0.05, 0.1) is 5.70 Å². The van der Waals surface area contributed by atoms with E-state index >= 15 is 0 Å². The van der Waals surface area contributed by atoms with Gasteiger partial charge in [-0.15, -0.1) is 0 Å². The molecule has 0 aromatic heterocycles. The summed E-state index contributed by atoms with van der Waals surface area (Å²) in [6.45, 7) is 2.27.